The van der Waals surface area contributed by atoms with Crippen molar-refractivity contribution in [2.75, 3.05) is 6.54 Å². The van der Waals surface area contributed by atoms with Crippen molar-refractivity contribution in [2.45, 2.75) is 78.9 Å². The number of rotatable bonds is 7. The van der Waals surface area contributed by atoms with Gasteiger partial charge in [0.2, 0.25) is 5.91 Å². The van der Waals surface area contributed by atoms with E-state index in [-0.39, 0.29) is 24.3 Å². The number of carbonyl (C=O) groups excluding carboxylic acids is 1. The average molecular weight is 416 g/mol. The van der Waals surface area contributed by atoms with Crippen LogP contribution in [0, 0.1) is 11.3 Å². The summed E-state index contributed by atoms with van der Waals surface area (Å²) in [7, 11) is 0. The summed E-state index contributed by atoms with van der Waals surface area (Å²) in [4.78, 5) is 24.9. The van der Waals surface area contributed by atoms with Gasteiger partial charge in [-0.25, -0.2) is 4.79 Å². The molecule has 0 bridgehead atoms. The van der Waals surface area contributed by atoms with Gasteiger partial charge < -0.3 is 15.1 Å². The molecule has 166 valence electrons. The first-order valence-electron chi connectivity index (χ1n) is 11.0. The maximum absolute atomic E-state index is 12.4. The summed E-state index contributed by atoms with van der Waals surface area (Å²) in [6, 6.07) is -0.951. The fourth-order valence-corrected chi connectivity index (χ4v) is 4.44. The Labute approximate surface area is 180 Å². The number of carbonyl (C=O) groups is 2. The molecule has 1 aliphatic carbocycles. The fraction of sp³-hybridized carbons (Fsp3) is 0.600. The molecule has 5 nitrogen and oxygen atoms in total. The van der Waals surface area contributed by atoms with Crippen molar-refractivity contribution in [1.29, 1.82) is 0 Å². The van der Waals surface area contributed by atoms with Crippen molar-refractivity contribution in [3.8, 4) is 0 Å². The number of aliphatic carboxylic acids is 1. The Balaban J connectivity index is 1.92. The minimum absolute atomic E-state index is 0.0662. The maximum Gasteiger partial charge on any atom is 0.326 e. The van der Waals surface area contributed by atoms with E-state index in [1.807, 2.05) is 13.0 Å². The molecule has 0 spiro atoms. The number of β-amino-alcohol motifs (C(OH)–C–C–N with tert-alkyl or cyclic N) is 1. The van der Waals surface area contributed by atoms with Crippen LogP contribution in [0.5, 0.6) is 0 Å². The number of carboxylic acid groups (broad SMARTS) is 1. The number of carboxylic acids is 1. The number of aliphatic hydroxyl groups excluding tert-OH is 1. The van der Waals surface area contributed by atoms with E-state index in [1.165, 1.54) is 41.4 Å². The Kier molecular flexibility index (Phi) is 8.25. The summed E-state index contributed by atoms with van der Waals surface area (Å²) in [5.41, 5.74) is 3.97. The van der Waals surface area contributed by atoms with Crippen LogP contribution in [-0.4, -0.2) is 45.7 Å². The van der Waals surface area contributed by atoms with Gasteiger partial charge in [-0.1, -0.05) is 50.6 Å². The van der Waals surface area contributed by atoms with Crippen LogP contribution in [0.15, 0.2) is 47.1 Å². The summed E-state index contributed by atoms with van der Waals surface area (Å²) in [5.74, 6) is -1.06. The maximum atomic E-state index is 12.4. The van der Waals surface area contributed by atoms with Crippen molar-refractivity contribution in [2.24, 2.45) is 11.3 Å². The van der Waals surface area contributed by atoms with Gasteiger partial charge in [0, 0.05) is 19.0 Å². The molecule has 0 saturated carbocycles. The lowest BCUT2D eigenvalue weighted by Gasteiger charge is -2.33. The Morgan fingerprint density at radius 2 is 2.03 bits per heavy atom. The molecule has 2 rings (SSSR count). The predicted octanol–water partition coefficient (Wildman–Crippen LogP) is 4.64. The smallest absolute Gasteiger partial charge is 0.326 e. The molecule has 2 aliphatic rings. The van der Waals surface area contributed by atoms with Gasteiger partial charge in [-0.2, -0.15) is 0 Å². The predicted molar refractivity (Wildman–Crippen MR) is 120 cm³/mol. The van der Waals surface area contributed by atoms with Crippen LogP contribution in [0.4, 0.5) is 0 Å². The molecule has 1 fully saturated rings. The zero-order valence-electron chi connectivity index (χ0n) is 19.0. The normalized spacial score (nSPS) is 26.1. The zero-order chi connectivity index (χ0) is 22.5. The van der Waals surface area contributed by atoms with Crippen LogP contribution in [-0.2, 0) is 9.59 Å². The van der Waals surface area contributed by atoms with Gasteiger partial charge in [-0.15, -0.1) is 0 Å². The number of hydrogen-bond acceptors (Lipinski definition) is 3. The summed E-state index contributed by atoms with van der Waals surface area (Å²) in [6.45, 7) is 11.0. The molecular weight excluding hydrogens is 378 g/mol. The molecule has 3 unspecified atom stereocenters. The molecule has 30 heavy (non-hydrogen) atoms. The zero-order valence-corrected chi connectivity index (χ0v) is 19.0. The summed E-state index contributed by atoms with van der Waals surface area (Å²) in [5, 5.41) is 18.9. The lowest BCUT2D eigenvalue weighted by atomic mass is 9.72. The molecule has 0 aromatic carbocycles. The summed E-state index contributed by atoms with van der Waals surface area (Å²) >= 11 is 0. The van der Waals surface area contributed by atoms with E-state index < -0.39 is 18.1 Å². The first-order chi connectivity index (χ1) is 14.0. The van der Waals surface area contributed by atoms with Crippen molar-refractivity contribution in [3.63, 3.8) is 0 Å². The molecule has 3 atom stereocenters. The minimum Gasteiger partial charge on any atom is -0.480 e. The van der Waals surface area contributed by atoms with E-state index in [2.05, 4.69) is 45.9 Å². The van der Waals surface area contributed by atoms with Crippen LogP contribution >= 0.6 is 0 Å². The number of likely N-dealkylation sites (tertiary alicyclic amines) is 1. The Bertz CT molecular complexity index is 772. The quantitative estimate of drug-likeness (QED) is 0.469. The van der Waals surface area contributed by atoms with Crippen molar-refractivity contribution < 1.29 is 19.8 Å². The lowest BCUT2D eigenvalue weighted by molar-refractivity contribution is -0.146. The van der Waals surface area contributed by atoms with E-state index in [4.69, 9.17) is 0 Å². The van der Waals surface area contributed by atoms with Crippen LogP contribution in [0.1, 0.15) is 66.7 Å². The monoisotopic (exact) mass is 415 g/mol. The first kappa shape index (κ1) is 24.1. The van der Waals surface area contributed by atoms with Gasteiger partial charge in [0.05, 0.1) is 6.10 Å². The van der Waals surface area contributed by atoms with Crippen LogP contribution < -0.4 is 0 Å². The third-order valence-electron chi connectivity index (χ3n) is 6.22. The molecule has 5 heteroatoms. The lowest BCUT2D eigenvalue weighted by Crippen LogP contribution is -2.39. The minimum atomic E-state index is -1.08. The third kappa shape index (κ3) is 6.43. The topological polar surface area (TPSA) is 77.8 Å². The second kappa shape index (κ2) is 10.3. The van der Waals surface area contributed by atoms with Gasteiger partial charge in [-0.05, 0) is 62.0 Å². The number of hydrogen-bond donors (Lipinski definition) is 2. The summed E-state index contributed by atoms with van der Waals surface area (Å²) in [6.07, 6.45) is 13.8. The van der Waals surface area contributed by atoms with Gasteiger partial charge >= 0.3 is 5.97 Å². The van der Waals surface area contributed by atoms with E-state index in [0.29, 0.717) is 5.92 Å². The molecule has 1 aliphatic heterocycles. The first-order valence-corrected chi connectivity index (χ1v) is 11.0. The van der Waals surface area contributed by atoms with E-state index in [9.17, 15) is 19.8 Å². The van der Waals surface area contributed by atoms with E-state index >= 15 is 0 Å². The largest absolute Gasteiger partial charge is 0.480 e. The fourth-order valence-electron chi connectivity index (χ4n) is 4.44. The highest BCUT2D eigenvalue weighted by atomic mass is 16.4. The highest BCUT2D eigenvalue weighted by Gasteiger charge is 2.38. The molecule has 1 saturated heterocycles. The average Bonchev–Trinajstić information content (AvgIpc) is 3.03. The number of allylic oxidation sites excluding steroid dienone is 7. The highest BCUT2D eigenvalue weighted by molar-refractivity contribution is 5.92. The standard InChI is InChI=1S/C25H37NO4/c1-17(11-12-21-19(3)10-7-13-25(21,4)5)8-6-9-18(2)14-23(28)26-16-20(27)15-22(26)24(29)30/h6,9,11-12,14,17,20,22,27H,7-8,10,13,15-16H2,1-5H3,(H,29,30)/b9-6+,12-11+,18-14+. The SMILES string of the molecule is CC1=C(/C=C/C(C)C/C=C/C(C)=C/C(=O)N2CC(O)CC2C(=O)O)C(C)(C)CCC1. The number of amides is 1. The van der Waals surface area contributed by atoms with Gasteiger partial charge in [-0.3, -0.25) is 4.79 Å². The van der Waals surface area contributed by atoms with Crippen molar-refractivity contribution >= 4 is 11.9 Å². The van der Waals surface area contributed by atoms with Crippen LogP contribution in [0.25, 0.3) is 0 Å². The van der Waals surface area contributed by atoms with Crippen molar-refractivity contribution in [3.05, 3.63) is 47.1 Å². The van der Waals surface area contributed by atoms with Gasteiger partial charge in [0.25, 0.3) is 0 Å². The number of nitrogens with zero attached hydrogens (tertiary/aromatic N) is 1. The van der Waals surface area contributed by atoms with Crippen LogP contribution in [0.2, 0.25) is 0 Å². The second-order valence-electron chi connectivity index (χ2n) is 9.53. The molecule has 0 aromatic rings. The Hall–Kier alpha value is -2.14. The molecule has 1 amide bonds. The Morgan fingerprint density at radius 3 is 2.67 bits per heavy atom. The van der Waals surface area contributed by atoms with Crippen molar-refractivity contribution in [1.82, 2.24) is 4.90 Å². The molecule has 0 radical (unpaired) electrons. The second-order valence-corrected chi connectivity index (χ2v) is 9.53. The summed E-state index contributed by atoms with van der Waals surface area (Å²) < 4.78 is 0. The molecule has 2 N–H and O–H groups in total. The van der Waals surface area contributed by atoms with E-state index in [1.54, 1.807) is 0 Å². The Morgan fingerprint density at radius 1 is 1.33 bits per heavy atom. The number of aliphatic hydroxyl groups is 1. The van der Waals surface area contributed by atoms with Gasteiger partial charge in [0.15, 0.2) is 0 Å². The van der Waals surface area contributed by atoms with Crippen LogP contribution in [0.3, 0.4) is 0 Å². The van der Waals surface area contributed by atoms with E-state index in [0.717, 1.165) is 12.0 Å². The third-order valence-corrected chi connectivity index (χ3v) is 6.22. The molecule has 1 heterocycles. The highest BCUT2D eigenvalue weighted by Crippen LogP contribution is 2.40. The van der Waals surface area contributed by atoms with Gasteiger partial charge in [0.1, 0.15) is 6.04 Å². The molecule has 0 aromatic heterocycles. The molecular formula is C25H37NO4.